The normalized spacial score (nSPS) is 28.2. The maximum Gasteiger partial charge on any atom is 0.225 e. The Labute approximate surface area is 126 Å². The molecular formula is C18H23NO2. The first-order chi connectivity index (χ1) is 10.1. The number of carbonyl (C=O) groups excluding carboxylic acids is 2. The third-order valence-electron chi connectivity index (χ3n) is 5.04. The summed E-state index contributed by atoms with van der Waals surface area (Å²) in [7, 11) is 1.88. The van der Waals surface area contributed by atoms with Crippen molar-refractivity contribution in [3.63, 3.8) is 0 Å². The van der Waals surface area contributed by atoms with Crippen LogP contribution in [-0.4, -0.2) is 23.6 Å². The second-order valence-electron chi connectivity index (χ2n) is 6.58. The molecule has 2 aliphatic rings. The van der Waals surface area contributed by atoms with Crippen LogP contribution in [0.15, 0.2) is 30.3 Å². The van der Waals surface area contributed by atoms with E-state index < -0.39 is 0 Å². The number of Topliss-reactive ketones (excluding diaryl/α,β-unsaturated/α-hetero) is 1. The quantitative estimate of drug-likeness (QED) is 0.856. The molecule has 0 spiro atoms. The summed E-state index contributed by atoms with van der Waals surface area (Å²) in [6.45, 7) is 0.652. The average molecular weight is 285 g/mol. The topological polar surface area (TPSA) is 37.4 Å². The number of amides is 1. The number of ketones is 1. The number of hydrogen-bond donors (Lipinski definition) is 0. The van der Waals surface area contributed by atoms with Gasteiger partial charge in [-0.3, -0.25) is 9.59 Å². The summed E-state index contributed by atoms with van der Waals surface area (Å²) in [6.07, 6.45) is 4.67. The van der Waals surface area contributed by atoms with E-state index in [1.54, 1.807) is 0 Å². The predicted octanol–water partition coefficient (Wildman–Crippen LogP) is 3.04. The van der Waals surface area contributed by atoms with Crippen molar-refractivity contribution in [2.24, 2.45) is 17.8 Å². The van der Waals surface area contributed by atoms with E-state index in [0.29, 0.717) is 12.3 Å². The van der Waals surface area contributed by atoms with Crippen LogP contribution < -0.4 is 0 Å². The summed E-state index contributed by atoms with van der Waals surface area (Å²) in [4.78, 5) is 26.6. The molecule has 112 valence electrons. The number of hydrogen-bond acceptors (Lipinski definition) is 2. The third kappa shape index (κ3) is 3.02. The molecule has 3 atom stereocenters. The van der Waals surface area contributed by atoms with E-state index in [9.17, 15) is 9.59 Å². The molecule has 3 heteroatoms. The Morgan fingerprint density at radius 2 is 1.76 bits per heavy atom. The van der Waals surface area contributed by atoms with E-state index in [1.807, 2.05) is 42.3 Å². The van der Waals surface area contributed by atoms with E-state index in [-0.39, 0.29) is 23.7 Å². The van der Waals surface area contributed by atoms with Crippen LogP contribution in [0, 0.1) is 17.8 Å². The SMILES string of the molecule is CN(Cc1ccccc1)C(=O)C1C[C@H]2CCC[C@@H](C1)C2=O. The minimum absolute atomic E-state index is 0.0479. The molecule has 2 bridgehead atoms. The molecule has 3 rings (SSSR count). The molecule has 1 aromatic carbocycles. The molecule has 1 amide bonds. The van der Waals surface area contributed by atoms with Crippen molar-refractivity contribution in [2.45, 2.75) is 38.6 Å². The fourth-order valence-electron chi connectivity index (χ4n) is 3.93. The van der Waals surface area contributed by atoms with Crippen molar-refractivity contribution in [3.05, 3.63) is 35.9 Å². The smallest absolute Gasteiger partial charge is 0.225 e. The molecule has 2 aliphatic carbocycles. The number of rotatable bonds is 3. The zero-order valence-corrected chi connectivity index (χ0v) is 12.6. The average Bonchev–Trinajstić information content (AvgIpc) is 2.47. The zero-order valence-electron chi connectivity index (χ0n) is 12.6. The maximum absolute atomic E-state index is 12.7. The van der Waals surface area contributed by atoms with Gasteiger partial charge in [-0.05, 0) is 31.2 Å². The van der Waals surface area contributed by atoms with Gasteiger partial charge < -0.3 is 4.90 Å². The van der Waals surface area contributed by atoms with E-state index in [0.717, 1.165) is 37.7 Å². The van der Waals surface area contributed by atoms with Crippen LogP contribution in [0.1, 0.15) is 37.7 Å². The van der Waals surface area contributed by atoms with Gasteiger partial charge in [0.15, 0.2) is 0 Å². The molecule has 0 N–H and O–H groups in total. The van der Waals surface area contributed by atoms with Crippen LogP contribution in [0.2, 0.25) is 0 Å². The molecule has 3 nitrogen and oxygen atoms in total. The van der Waals surface area contributed by atoms with Crippen molar-refractivity contribution in [2.75, 3.05) is 7.05 Å². The lowest BCUT2D eigenvalue weighted by Gasteiger charge is -2.38. The molecule has 0 heterocycles. The second-order valence-corrected chi connectivity index (χ2v) is 6.58. The van der Waals surface area contributed by atoms with E-state index in [2.05, 4.69) is 0 Å². The van der Waals surface area contributed by atoms with Gasteiger partial charge in [-0.25, -0.2) is 0 Å². The molecule has 0 saturated heterocycles. The number of carbonyl (C=O) groups is 2. The lowest BCUT2D eigenvalue weighted by atomic mass is 9.67. The van der Waals surface area contributed by atoms with E-state index >= 15 is 0 Å². The standard InChI is InChI=1S/C18H23NO2/c1-19(12-13-6-3-2-4-7-13)18(21)16-10-14-8-5-9-15(11-16)17(14)20/h2-4,6-7,14-16H,5,8-12H2,1H3/t14-,15+,16?. The monoisotopic (exact) mass is 285 g/mol. The number of benzene rings is 1. The van der Waals surface area contributed by atoms with Gasteiger partial charge in [0.2, 0.25) is 5.91 Å². The maximum atomic E-state index is 12.7. The van der Waals surface area contributed by atoms with Gasteiger partial charge in [0, 0.05) is 31.3 Å². The minimum atomic E-state index is 0.0479. The number of fused-ring (bicyclic) bond motifs is 2. The molecule has 0 aromatic heterocycles. The Balaban J connectivity index is 1.64. The Bertz CT molecular complexity index is 509. The molecule has 0 aliphatic heterocycles. The third-order valence-corrected chi connectivity index (χ3v) is 5.04. The highest BCUT2D eigenvalue weighted by molar-refractivity contribution is 5.88. The molecule has 21 heavy (non-hydrogen) atoms. The molecular weight excluding hydrogens is 262 g/mol. The Kier molecular flexibility index (Phi) is 4.09. The van der Waals surface area contributed by atoms with Crippen LogP contribution >= 0.6 is 0 Å². The van der Waals surface area contributed by atoms with Crippen molar-refractivity contribution in [1.82, 2.24) is 4.90 Å². The summed E-state index contributed by atoms with van der Waals surface area (Å²) >= 11 is 0. The molecule has 0 radical (unpaired) electrons. The predicted molar refractivity (Wildman–Crippen MR) is 81.5 cm³/mol. The Morgan fingerprint density at radius 1 is 1.14 bits per heavy atom. The number of nitrogens with zero attached hydrogens (tertiary/aromatic N) is 1. The van der Waals surface area contributed by atoms with Crippen molar-refractivity contribution >= 4 is 11.7 Å². The molecule has 1 unspecified atom stereocenters. The van der Waals surface area contributed by atoms with Crippen LogP contribution in [0.3, 0.4) is 0 Å². The first-order valence-electron chi connectivity index (χ1n) is 7.98. The summed E-state index contributed by atoms with van der Waals surface area (Å²) in [5.74, 6) is 0.985. The molecule has 2 saturated carbocycles. The van der Waals surface area contributed by atoms with Crippen LogP contribution in [0.25, 0.3) is 0 Å². The first-order valence-corrected chi connectivity index (χ1v) is 7.98. The van der Waals surface area contributed by atoms with Crippen molar-refractivity contribution in [3.8, 4) is 0 Å². The lowest BCUT2D eigenvalue weighted by molar-refractivity contribution is -0.142. The van der Waals surface area contributed by atoms with Gasteiger partial charge in [-0.1, -0.05) is 36.8 Å². The fourth-order valence-corrected chi connectivity index (χ4v) is 3.93. The fraction of sp³-hybridized carbons (Fsp3) is 0.556. The van der Waals surface area contributed by atoms with Crippen LogP contribution in [0.5, 0.6) is 0 Å². The summed E-state index contributed by atoms with van der Waals surface area (Å²) in [6, 6.07) is 10.1. The largest absolute Gasteiger partial charge is 0.341 e. The highest BCUT2D eigenvalue weighted by atomic mass is 16.2. The van der Waals surface area contributed by atoms with Gasteiger partial charge in [-0.2, -0.15) is 0 Å². The van der Waals surface area contributed by atoms with E-state index in [1.165, 1.54) is 0 Å². The van der Waals surface area contributed by atoms with Gasteiger partial charge in [0.1, 0.15) is 5.78 Å². The van der Waals surface area contributed by atoms with Gasteiger partial charge >= 0.3 is 0 Å². The van der Waals surface area contributed by atoms with Crippen LogP contribution in [0.4, 0.5) is 0 Å². The zero-order chi connectivity index (χ0) is 14.8. The van der Waals surface area contributed by atoms with Crippen LogP contribution in [-0.2, 0) is 16.1 Å². The lowest BCUT2D eigenvalue weighted by Crippen LogP contribution is -2.42. The Morgan fingerprint density at radius 3 is 2.38 bits per heavy atom. The summed E-state index contributed by atoms with van der Waals surface area (Å²) in [5.41, 5.74) is 1.15. The summed E-state index contributed by atoms with van der Waals surface area (Å²) < 4.78 is 0. The van der Waals surface area contributed by atoms with Crippen molar-refractivity contribution < 1.29 is 9.59 Å². The highest BCUT2D eigenvalue weighted by Crippen LogP contribution is 2.40. The Hall–Kier alpha value is -1.64. The second kappa shape index (κ2) is 6.00. The molecule has 2 fully saturated rings. The first kappa shape index (κ1) is 14.3. The van der Waals surface area contributed by atoms with Crippen molar-refractivity contribution in [1.29, 1.82) is 0 Å². The molecule has 1 aromatic rings. The van der Waals surface area contributed by atoms with Gasteiger partial charge in [0.25, 0.3) is 0 Å². The summed E-state index contributed by atoms with van der Waals surface area (Å²) in [5, 5.41) is 0. The highest BCUT2D eigenvalue weighted by Gasteiger charge is 2.41. The minimum Gasteiger partial charge on any atom is -0.341 e. The van der Waals surface area contributed by atoms with E-state index in [4.69, 9.17) is 0 Å². The van der Waals surface area contributed by atoms with Gasteiger partial charge in [0.05, 0.1) is 0 Å². The van der Waals surface area contributed by atoms with Gasteiger partial charge in [-0.15, -0.1) is 0 Å².